The van der Waals surface area contributed by atoms with E-state index in [1.165, 1.54) is 12.1 Å². The van der Waals surface area contributed by atoms with Crippen LogP contribution in [0, 0.1) is 5.82 Å². The predicted octanol–water partition coefficient (Wildman–Crippen LogP) is 5.69. The van der Waals surface area contributed by atoms with Crippen molar-refractivity contribution in [2.75, 3.05) is 19.6 Å². The minimum Gasteiger partial charge on any atom is -0.370 e. The second-order valence-corrected chi connectivity index (χ2v) is 12.7. The molecule has 5 rings (SSSR count). The number of carbonyl (C=O) groups excluding carboxylic acids is 2. The third-order valence-electron chi connectivity index (χ3n) is 8.88. The van der Waals surface area contributed by atoms with Crippen LogP contribution in [-0.4, -0.2) is 53.3 Å². The maximum Gasteiger partial charge on any atom is 0.251 e. The van der Waals surface area contributed by atoms with E-state index in [-0.39, 0.29) is 29.6 Å². The number of pyridine rings is 1. The number of halogens is 1. The molecule has 51 heavy (non-hydrogen) atoms. The molecule has 0 spiro atoms. The summed E-state index contributed by atoms with van der Waals surface area (Å²) in [5.74, 6) is -0.891. The van der Waals surface area contributed by atoms with E-state index in [9.17, 15) is 14.0 Å². The summed E-state index contributed by atoms with van der Waals surface area (Å²) in [7, 11) is 0. The van der Waals surface area contributed by atoms with Crippen molar-refractivity contribution < 1.29 is 14.0 Å². The molecule has 0 aliphatic carbocycles. The summed E-state index contributed by atoms with van der Waals surface area (Å²) in [4.78, 5) is 38.0. The van der Waals surface area contributed by atoms with E-state index in [4.69, 9.17) is 11.5 Å². The Morgan fingerprint density at radius 3 is 2.27 bits per heavy atom. The van der Waals surface area contributed by atoms with Crippen LogP contribution in [-0.2, 0) is 24.2 Å². The standard InChI is InChI=1S/C41H46FN7O2/c1-29(36-12-6-9-32-8-2-3-11-37(32)36)47-40(51)38(13-7-25-46-41(43)44)48-39(50)33-18-14-31(15-19-33)28-49(27-23-35-10-4-5-24-45-35)26-22-30-16-20-34(42)21-17-30/h2-6,8-12,14-21,24,29,38H,7,13,22-23,25-28H2,1H3,(H,47,51)(H,48,50)(H4,43,44,46)/t29-,38+/m1/s1. The van der Waals surface area contributed by atoms with Crippen LogP contribution >= 0.6 is 0 Å². The van der Waals surface area contributed by atoms with Gasteiger partial charge in [0.15, 0.2) is 5.96 Å². The molecular weight excluding hydrogens is 641 g/mol. The summed E-state index contributed by atoms with van der Waals surface area (Å²) in [6, 6.07) is 33.0. The molecule has 0 aliphatic rings. The fourth-order valence-corrected chi connectivity index (χ4v) is 6.08. The number of aromatic nitrogens is 1. The summed E-state index contributed by atoms with van der Waals surface area (Å²) >= 11 is 0. The number of benzene rings is 4. The molecule has 0 fully saturated rings. The first-order chi connectivity index (χ1) is 24.7. The average Bonchev–Trinajstić information content (AvgIpc) is 3.14. The zero-order valence-corrected chi connectivity index (χ0v) is 29.0. The summed E-state index contributed by atoms with van der Waals surface area (Å²) in [6.45, 7) is 4.50. The van der Waals surface area contributed by atoms with Gasteiger partial charge >= 0.3 is 0 Å². The van der Waals surface area contributed by atoms with Crippen LogP contribution in [0.1, 0.15) is 58.5 Å². The van der Waals surface area contributed by atoms with Gasteiger partial charge in [-0.1, -0.05) is 72.8 Å². The lowest BCUT2D eigenvalue weighted by Crippen LogP contribution is -2.47. The van der Waals surface area contributed by atoms with Crippen LogP contribution in [0.15, 0.2) is 120 Å². The highest BCUT2D eigenvalue weighted by Crippen LogP contribution is 2.24. The number of amides is 2. The van der Waals surface area contributed by atoms with Crippen molar-refractivity contribution >= 4 is 28.5 Å². The van der Waals surface area contributed by atoms with Crippen LogP contribution in [0.2, 0.25) is 0 Å². The Bertz CT molecular complexity index is 1890. The Hall–Kier alpha value is -5.61. The maximum atomic E-state index is 13.6. The molecule has 6 N–H and O–H groups in total. The zero-order valence-electron chi connectivity index (χ0n) is 29.0. The summed E-state index contributed by atoms with van der Waals surface area (Å²) in [5, 5.41) is 8.21. The second-order valence-electron chi connectivity index (χ2n) is 12.7. The number of hydrogen-bond donors (Lipinski definition) is 4. The minimum atomic E-state index is -0.794. The van der Waals surface area contributed by atoms with E-state index in [1.807, 2.05) is 91.9 Å². The summed E-state index contributed by atoms with van der Waals surface area (Å²) < 4.78 is 13.5. The Balaban J connectivity index is 1.24. The molecular formula is C41H46FN7O2. The van der Waals surface area contributed by atoms with Crippen molar-refractivity contribution in [3.05, 3.63) is 149 Å². The molecule has 0 bridgehead atoms. The van der Waals surface area contributed by atoms with Crippen molar-refractivity contribution in [1.29, 1.82) is 0 Å². The monoisotopic (exact) mass is 687 g/mol. The van der Waals surface area contributed by atoms with Crippen LogP contribution in [0.25, 0.3) is 10.8 Å². The highest BCUT2D eigenvalue weighted by Gasteiger charge is 2.23. The number of nitrogens with one attached hydrogen (secondary N) is 2. The van der Waals surface area contributed by atoms with E-state index in [0.29, 0.717) is 31.5 Å². The maximum absolute atomic E-state index is 13.6. The normalized spacial score (nSPS) is 12.3. The highest BCUT2D eigenvalue weighted by atomic mass is 19.1. The van der Waals surface area contributed by atoms with Gasteiger partial charge in [0.1, 0.15) is 11.9 Å². The predicted molar refractivity (Wildman–Crippen MR) is 201 cm³/mol. The third kappa shape index (κ3) is 11.2. The number of fused-ring (bicyclic) bond motifs is 1. The molecule has 10 heteroatoms. The SMILES string of the molecule is C[C@@H](NC(=O)[C@H](CCCN=C(N)N)NC(=O)c1ccc(CN(CCc2ccc(F)cc2)CCc2ccccn2)cc1)c1cccc2ccccc12. The van der Waals surface area contributed by atoms with E-state index in [1.54, 1.807) is 18.3 Å². The topological polar surface area (TPSA) is 139 Å². The van der Waals surface area contributed by atoms with Gasteiger partial charge in [-0.2, -0.15) is 0 Å². The Morgan fingerprint density at radius 2 is 1.53 bits per heavy atom. The average molecular weight is 688 g/mol. The van der Waals surface area contributed by atoms with Crippen molar-refractivity contribution in [3.63, 3.8) is 0 Å². The number of nitrogens with two attached hydrogens (primary N) is 2. The molecule has 2 amide bonds. The van der Waals surface area contributed by atoms with Crippen molar-refractivity contribution in [2.45, 2.75) is 51.2 Å². The van der Waals surface area contributed by atoms with E-state index in [2.05, 4.69) is 25.5 Å². The molecule has 0 saturated heterocycles. The summed E-state index contributed by atoms with van der Waals surface area (Å²) in [6.07, 6.45) is 4.22. The molecule has 4 aromatic carbocycles. The van der Waals surface area contributed by atoms with Crippen molar-refractivity contribution in [2.24, 2.45) is 16.5 Å². The van der Waals surface area contributed by atoms with Gasteiger partial charge in [-0.25, -0.2) is 4.39 Å². The second kappa shape index (κ2) is 18.4. The van der Waals surface area contributed by atoms with Gasteiger partial charge in [0, 0.05) is 50.1 Å². The van der Waals surface area contributed by atoms with Gasteiger partial charge < -0.3 is 22.1 Å². The molecule has 0 saturated carbocycles. The summed E-state index contributed by atoms with van der Waals surface area (Å²) in [5.41, 5.74) is 15.6. The van der Waals surface area contributed by atoms with Gasteiger partial charge in [-0.05, 0) is 90.0 Å². The van der Waals surface area contributed by atoms with E-state index in [0.717, 1.165) is 59.1 Å². The van der Waals surface area contributed by atoms with E-state index < -0.39 is 6.04 Å². The molecule has 0 unspecified atom stereocenters. The zero-order chi connectivity index (χ0) is 36.0. The number of hydrogen-bond acceptors (Lipinski definition) is 5. The number of rotatable bonds is 17. The van der Waals surface area contributed by atoms with Crippen LogP contribution in [0.4, 0.5) is 4.39 Å². The Kier molecular flexibility index (Phi) is 13.2. The first-order valence-electron chi connectivity index (χ1n) is 17.3. The first-order valence-corrected chi connectivity index (χ1v) is 17.3. The van der Waals surface area contributed by atoms with Crippen molar-refractivity contribution in [3.8, 4) is 0 Å². The fourth-order valence-electron chi connectivity index (χ4n) is 6.08. The van der Waals surface area contributed by atoms with Crippen LogP contribution in [0.5, 0.6) is 0 Å². The van der Waals surface area contributed by atoms with Gasteiger partial charge in [-0.15, -0.1) is 0 Å². The van der Waals surface area contributed by atoms with Crippen LogP contribution in [0.3, 0.4) is 0 Å². The lowest BCUT2D eigenvalue weighted by molar-refractivity contribution is -0.123. The molecule has 5 aromatic rings. The molecule has 0 radical (unpaired) electrons. The van der Waals surface area contributed by atoms with Gasteiger partial charge in [0.05, 0.1) is 6.04 Å². The minimum absolute atomic E-state index is 0.0181. The number of aliphatic imine (C=N–C) groups is 1. The number of nitrogens with zero attached hydrogens (tertiary/aromatic N) is 3. The lowest BCUT2D eigenvalue weighted by atomic mass is 9.99. The smallest absolute Gasteiger partial charge is 0.251 e. The van der Waals surface area contributed by atoms with Crippen LogP contribution < -0.4 is 22.1 Å². The van der Waals surface area contributed by atoms with Gasteiger partial charge in [-0.3, -0.25) is 24.5 Å². The molecule has 2 atom stereocenters. The molecule has 0 aliphatic heterocycles. The highest BCUT2D eigenvalue weighted by molar-refractivity contribution is 5.97. The molecule has 1 aromatic heterocycles. The van der Waals surface area contributed by atoms with Crippen molar-refractivity contribution in [1.82, 2.24) is 20.5 Å². The molecule has 264 valence electrons. The van der Waals surface area contributed by atoms with Gasteiger partial charge in [0.2, 0.25) is 5.91 Å². The molecule has 1 heterocycles. The number of guanidine groups is 1. The van der Waals surface area contributed by atoms with E-state index >= 15 is 0 Å². The first kappa shape index (κ1) is 36.7. The van der Waals surface area contributed by atoms with Gasteiger partial charge in [0.25, 0.3) is 5.91 Å². The third-order valence-corrected chi connectivity index (χ3v) is 8.88. The lowest BCUT2D eigenvalue weighted by Gasteiger charge is -2.23. The molecule has 9 nitrogen and oxygen atoms in total. The Labute approximate surface area is 299 Å². The fraction of sp³-hybridized carbons (Fsp3) is 0.268. The Morgan fingerprint density at radius 1 is 0.824 bits per heavy atom. The number of carbonyl (C=O) groups is 2. The quantitative estimate of drug-likeness (QED) is 0.0563. The largest absolute Gasteiger partial charge is 0.370 e.